The first-order valence-corrected chi connectivity index (χ1v) is 6.37. The van der Waals surface area contributed by atoms with Gasteiger partial charge in [-0.05, 0) is 18.2 Å². The molecule has 0 amide bonds. The molecule has 2 rings (SSSR count). The van der Waals surface area contributed by atoms with Crippen molar-refractivity contribution in [3.8, 4) is 0 Å². The molecule has 17 heavy (non-hydrogen) atoms. The van der Waals surface area contributed by atoms with Gasteiger partial charge in [-0.3, -0.25) is 0 Å². The molecule has 0 aliphatic carbocycles. The highest BCUT2D eigenvalue weighted by Gasteiger charge is 2.13. The highest BCUT2D eigenvalue weighted by molar-refractivity contribution is 9.10. The van der Waals surface area contributed by atoms with Crippen LogP contribution in [0.5, 0.6) is 0 Å². The van der Waals surface area contributed by atoms with Gasteiger partial charge < -0.3 is 9.67 Å². The molecule has 1 heterocycles. The van der Waals surface area contributed by atoms with Crippen LogP contribution in [0.2, 0.25) is 0 Å². The number of rotatable bonds is 3. The van der Waals surface area contributed by atoms with Gasteiger partial charge in [0.1, 0.15) is 0 Å². The summed E-state index contributed by atoms with van der Waals surface area (Å²) >= 11 is 4.67. The van der Waals surface area contributed by atoms with Crippen molar-refractivity contribution in [3.05, 3.63) is 40.6 Å². The average Bonchev–Trinajstić information content (AvgIpc) is 2.64. The Labute approximate surface area is 111 Å². The minimum absolute atomic E-state index is 0.279. The van der Waals surface area contributed by atoms with Crippen molar-refractivity contribution in [2.45, 2.75) is 10.1 Å². The molecule has 0 spiro atoms. The Morgan fingerprint density at radius 2 is 2.29 bits per heavy atom. The Kier molecular flexibility index (Phi) is 3.54. The van der Waals surface area contributed by atoms with Crippen LogP contribution in [0.1, 0.15) is 10.4 Å². The number of aryl methyl sites for hydroxylation is 1. The third-order valence-corrected chi connectivity index (χ3v) is 3.78. The normalized spacial score (nSPS) is 10.5. The third kappa shape index (κ3) is 2.70. The van der Waals surface area contributed by atoms with Gasteiger partial charge in [0.15, 0.2) is 5.16 Å². The van der Waals surface area contributed by atoms with Crippen LogP contribution in [0.3, 0.4) is 0 Å². The number of hydrogen-bond acceptors (Lipinski definition) is 3. The molecule has 0 fully saturated rings. The molecule has 2 aromatic rings. The van der Waals surface area contributed by atoms with Crippen molar-refractivity contribution in [1.29, 1.82) is 0 Å². The SMILES string of the molecule is Cn1ccnc1Sc1cc(Br)ccc1C(=O)O. The first kappa shape index (κ1) is 12.2. The molecule has 1 aromatic heterocycles. The zero-order valence-corrected chi connectivity index (χ0v) is 11.3. The molecule has 0 unspecified atom stereocenters. The zero-order chi connectivity index (χ0) is 12.4. The maximum atomic E-state index is 11.1. The van der Waals surface area contributed by atoms with Gasteiger partial charge in [0, 0.05) is 28.8 Å². The molecule has 0 saturated carbocycles. The van der Waals surface area contributed by atoms with Gasteiger partial charge in [-0.1, -0.05) is 27.7 Å². The lowest BCUT2D eigenvalue weighted by molar-refractivity contribution is 0.0693. The van der Waals surface area contributed by atoms with Crippen LogP contribution in [0.4, 0.5) is 0 Å². The molecule has 1 N–H and O–H groups in total. The fourth-order valence-electron chi connectivity index (χ4n) is 1.31. The lowest BCUT2D eigenvalue weighted by Gasteiger charge is -2.06. The van der Waals surface area contributed by atoms with Crippen molar-refractivity contribution >= 4 is 33.7 Å². The van der Waals surface area contributed by atoms with E-state index < -0.39 is 5.97 Å². The van der Waals surface area contributed by atoms with E-state index in [1.54, 1.807) is 24.4 Å². The van der Waals surface area contributed by atoms with Crippen molar-refractivity contribution in [2.24, 2.45) is 7.05 Å². The number of aromatic nitrogens is 2. The Balaban J connectivity index is 2.41. The second-order valence-corrected chi connectivity index (χ2v) is 5.29. The van der Waals surface area contributed by atoms with Crippen molar-refractivity contribution in [3.63, 3.8) is 0 Å². The number of carbonyl (C=O) groups is 1. The zero-order valence-electron chi connectivity index (χ0n) is 8.92. The second kappa shape index (κ2) is 4.93. The fraction of sp³-hybridized carbons (Fsp3) is 0.0909. The smallest absolute Gasteiger partial charge is 0.336 e. The summed E-state index contributed by atoms with van der Waals surface area (Å²) in [6.07, 6.45) is 3.50. The number of carboxylic acids is 1. The summed E-state index contributed by atoms with van der Waals surface area (Å²) in [4.78, 5) is 15.9. The quantitative estimate of drug-likeness (QED) is 0.946. The van der Waals surface area contributed by atoms with E-state index >= 15 is 0 Å². The van der Waals surface area contributed by atoms with Gasteiger partial charge in [-0.15, -0.1) is 0 Å². The number of nitrogens with zero attached hydrogens (tertiary/aromatic N) is 2. The molecular formula is C11H9BrN2O2S. The van der Waals surface area contributed by atoms with Crippen molar-refractivity contribution < 1.29 is 9.90 Å². The number of carboxylic acid groups (broad SMARTS) is 1. The van der Waals surface area contributed by atoms with E-state index in [1.807, 2.05) is 17.8 Å². The first-order chi connectivity index (χ1) is 8.08. The molecule has 88 valence electrons. The molecule has 1 aromatic carbocycles. The molecule has 6 heteroatoms. The molecule has 0 saturated heterocycles. The lowest BCUT2D eigenvalue weighted by atomic mass is 10.2. The van der Waals surface area contributed by atoms with Crippen LogP contribution in [0.15, 0.2) is 45.1 Å². The van der Waals surface area contributed by atoms with Crippen molar-refractivity contribution in [2.75, 3.05) is 0 Å². The number of imidazole rings is 1. The minimum atomic E-state index is -0.936. The molecule has 0 radical (unpaired) electrons. The fourth-order valence-corrected chi connectivity index (χ4v) is 2.78. The molecule has 0 aliphatic rings. The standard InChI is InChI=1S/C11H9BrN2O2S/c1-14-5-4-13-11(14)17-9-6-7(12)2-3-8(9)10(15)16/h2-6H,1H3,(H,15,16). The van der Waals surface area contributed by atoms with E-state index in [-0.39, 0.29) is 5.56 Å². The Hall–Kier alpha value is -1.27. The van der Waals surface area contributed by atoms with E-state index in [9.17, 15) is 4.79 Å². The van der Waals surface area contributed by atoms with E-state index in [0.29, 0.717) is 4.90 Å². The van der Waals surface area contributed by atoms with E-state index in [2.05, 4.69) is 20.9 Å². The number of hydrogen-bond donors (Lipinski definition) is 1. The number of benzene rings is 1. The third-order valence-electron chi connectivity index (χ3n) is 2.15. The highest BCUT2D eigenvalue weighted by Crippen LogP contribution is 2.31. The highest BCUT2D eigenvalue weighted by atomic mass is 79.9. The van der Waals surface area contributed by atoms with E-state index in [0.717, 1.165) is 9.63 Å². The molecule has 0 bridgehead atoms. The van der Waals surface area contributed by atoms with E-state index in [4.69, 9.17) is 5.11 Å². The summed E-state index contributed by atoms with van der Waals surface area (Å²) in [7, 11) is 1.87. The van der Waals surface area contributed by atoms with Crippen LogP contribution in [-0.4, -0.2) is 20.6 Å². The summed E-state index contributed by atoms with van der Waals surface area (Å²) in [5.41, 5.74) is 0.279. The monoisotopic (exact) mass is 312 g/mol. The van der Waals surface area contributed by atoms with Gasteiger partial charge in [0.2, 0.25) is 0 Å². The van der Waals surface area contributed by atoms with Gasteiger partial charge in [0.25, 0.3) is 0 Å². The second-order valence-electron chi connectivity index (χ2n) is 3.37. The van der Waals surface area contributed by atoms with Crippen LogP contribution in [-0.2, 0) is 7.05 Å². The first-order valence-electron chi connectivity index (χ1n) is 4.76. The summed E-state index contributed by atoms with van der Waals surface area (Å²) in [6, 6.07) is 5.08. The lowest BCUT2D eigenvalue weighted by Crippen LogP contribution is -1.99. The minimum Gasteiger partial charge on any atom is -0.478 e. The van der Waals surface area contributed by atoms with Gasteiger partial charge in [-0.2, -0.15) is 0 Å². The van der Waals surface area contributed by atoms with Gasteiger partial charge >= 0.3 is 5.97 Å². The van der Waals surface area contributed by atoms with Crippen LogP contribution >= 0.6 is 27.7 Å². The maximum Gasteiger partial charge on any atom is 0.336 e. The van der Waals surface area contributed by atoms with Crippen LogP contribution in [0.25, 0.3) is 0 Å². The maximum absolute atomic E-state index is 11.1. The predicted octanol–water partition coefficient (Wildman–Crippen LogP) is 3.03. The summed E-state index contributed by atoms with van der Waals surface area (Å²) in [5, 5.41) is 9.85. The van der Waals surface area contributed by atoms with Gasteiger partial charge in [-0.25, -0.2) is 9.78 Å². The summed E-state index contributed by atoms with van der Waals surface area (Å²) in [5.74, 6) is -0.936. The van der Waals surface area contributed by atoms with Gasteiger partial charge in [0.05, 0.1) is 5.56 Å². The number of halogens is 1. The van der Waals surface area contributed by atoms with Crippen molar-refractivity contribution in [1.82, 2.24) is 9.55 Å². The Morgan fingerprint density at radius 3 is 2.88 bits per heavy atom. The Bertz CT molecular complexity index is 568. The predicted molar refractivity (Wildman–Crippen MR) is 68.4 cm³/mol. The topological polar surface area (TPSA) is 55.1 Å². The summed E-state index contributed by atoms with van der Waals surface area (Å²) < 4.78 is 2.69. The van der Waals surface area contributed by atoms with E-state index in [1.165, 1.54) is 11.8 Å². The molecular weight excluding hydrogens is 304 g/mol. The largest absolute Gasteiger partial charge is 0.478 e. The Morgan fingerprint density at radius 1 is 1.53 bits per heavy atom. The average molecular weight is 313 g/mol. The van der Waals surface area contributed by atoms with Crippen LogP contribution < -0.4 is 0 Å². The van der Waals surface area contributed by atoms with Crippen LogP contribution in [0, 0.1) is 0 Å². The summed E-state index contributed by atoms with van der Waals surface area (Å²) in [6.45, 7) is 0. The molecule has 0 aliphatic heterocycles. The molecule has 4 nitrogen and oxygen atoms in total. The molecule has 0 atom stereocenters. The number of aromatic carboxylic acids is 1.